The van der Waals surface area contributed by atoms with Crippen molar-refractivity contribution in [1.29, 1.82) is 0 Å². The Labute approximate surface area is 107 Å². The highest BCUT2D eigenvalue weighted by atomic mass is 16.1. The van der Waals surface area contributed by atoms with Crippen LogP contribution < -0.4 is 5.73 Å². The van der Waals surface area contributed by atoms with Crippen molar-refractivity contribution in [2.75, 3.05) is 13.1 Å². The maximum atomic E-state index is 11.6. The lowest BCUT2D eigenvalue weighted by atomic mass is 9.77. The van der Waals surface area contributed by atoms with Gasteiger partial charge in [-0.2, -0.15) is 0 Å². The van der Waals surface area contributed by atoms with E-state index in [9.17, 15) is 9.59 Å². The van der Waals surface area contributed by atoms with Crippen molar-refractivity contribution in [2.45, 2.75) is 12.3 Å². The molecule has 5 heteroatoms. The van der Waals surface area contributed by atoms with Crippen molar-refractivity contribution in [3.63, 3.8) is 0 Å². The van der Waals surface area contributed by atoms with E-state index in [4.69, 9.17) is 5.73 Å². The van der Waals surface area contributed by atoms with Crippen LogP contribution in [0.1, 0.15) is 17.9 Å². The van der Waals surface area contributed by atoms with E-state index in [1.165, 1.54) is 7.41 Å². The normalized spacial score (nSPS) is 24.4. The number of carbonyl (C=O) groups is 2. The molecule has 0 saturated carbocycles. The van der Waals surface area contributed by atoms with Crippen molar-refractivity contribution in [1.82, 2.24) is 4.81 Å². The van der Waals surface area contributed by atoms with Crippen LogP contribution in [0.15, 0.2) is 30.3 Å². The average Bonchev–Trinajstić information content (AvgIpc) is 2.40. The Morgan fingerprint density at radius 1 is 1.39 bits per heavy atom. The Kier molecular flexibility index (Phi) is 4.15. The summed E-state index contributed by atoms with van der Waals surface area (Å²) in [6.07, 6.45) is 1.59. The lowest BCUT2D eigenvalue weighted by Gasteiger charge is -2.36. The summed E-state index contributed by atoms with van der Waals surface area (Å²) < 4.78 is 0. The monoisotopic (exact) mass is 243 g/mol. The van der Waals surface area contributed by atoms with Gasteiger partial charge in [-0.05, 0) is 31.0 Å². The van der Waals surface area contributed by atoms with Crippen LogP contribution in [0, 0.1) is 5.92 Å². The molecule has 0 spiro atoms. The smallest absolute Gasteiger partial charge is 0.293 e. The Balaban J connectivity index is 2.16. The maximum Gasteiger partial charge on any atom is 0.293 e. The van der Waals surface area contributed by atoms with E-state index in [0.29, 0.717) is 6.54 Å². The molecule has 0 aliphatic carbocycles. The second kappa shape index (κ2) is 5.82. The molecule has 2 rings (SSSR count). The summed E-state index contributed by atoms with van der Waals surface area (Å²) in [5.41, 5.74) is 6.63. The molecular formula is C13H16BN2O2. The summed E-state index contributed by atoms with van der Waals surface area (Å²) in [4.78, 5) is 23.9. The van der Waals surface area contributed by atoms with Crippen LogP contribution in [-0.2, 0) is 9.59 Å². The summed E-state index contributed by atoms with van der Waals surface area (Å²) in [6.45, 7) is 1.30. The molecule has 2 N–H and O–H groups in total. The number of hydrogen-bond acceptors (Lipinski definition) is 3. The average molecular weight is 243 g/mol. The van der Waals surface area contributed by atoms with Crippen molar-refractivity contribution < 1.29 is 9.59 Å². The lowest BCUT2D eigenvalue weighted by molar-refractivity contribution is -0.123. The fourth-order valence-electron chi connectivity index (χ4n) is 2.59. The van der Waals surface area contributed by atoms with E-state index in [0.717, 1.165) is 24.7 Å². The first-order chi connectivity index (χ1) is 8.72. The van der Waals surface area contributed by atoms with Crippen molar-refractivity contribution in [2.24, 2.45) is 11.7 Å². The van der Waals surface area contributed by atoms with E-state index < -0.39 is 0 Å². The first-order valence-corrected chi connectivity index (χ1v) is 6.09. The van der Waals surface area contributed by atoms with E-state index in [2.05, 4.69) is 0 Å². The molecule has 1 radical (unpaired) electrons. The Morgan fingerprint density at radius 2 is 2.11 bits per heavy atom. The molecule has 1 aliphatic rings. The SMILES string of the molecule is NC(=O)[C@H]1CN([B]C=O)CC[C@H]1c1ccccc1. The molecule has 4 nitrogen and oxygen atoms in total. The maximum absolute atomic E-state index is 11.6. The van der Waals surface area contributed by atoms with Gasteiger partial charge in [0.2, 0.25) is 5.91 Å². The van der Waals surface area contributed by atoms with Crippen molar-refractivity contribution in [3.05, 3.63) is 35.9 Å². The molecule has 93 valence electrons. The molecule has 1 aromatic carbocycles. The number of piperidine rings is 1. The van der Waals surface area contributed by atoms with Gasteiger partial charge in [0.25, 0.3) is 7.41 Å². The zero-order valence-corrected chi connectivity index (χ0v) is 10.2. The van der Waals surface area contributed by atoms with Gasteiger partial charge < -0.3 is 15.3 Å². The topological polar surface area (TPSA) is 63.4 Å². The third-order valence-corrected chi connectivity index (χ3v) is 3.51. The predicted molar refractivity (Wildman–Crippen MR) is 70.6 cm³/mol. The first kappa shape index (κ1) is 12.8. The van der Waals surface area contributed by atoms with Gasteiger partial charge in [-0.25, -0.2) is 0 Å². The zero-order valence-electron chi connectivity index (χ0n) is 10.2. The highest BCUT2D eigenvalue weighted by molar-refractivity contribution is 6.64. The molecule has 18 heavy (non-hydrogen) atoms. The molecule has 1 aromatic rings. The molecule has 0 bridgehead atoms. The molecule has 2 atom stereocenters. The summed E-state index contributed by atoms with van der Waals surface area (Å²) in [6, 6.07) is 9.95. The Morgan fingerprint density at radius 3 is 2.72 bits per heavy atom. The Hall–Kier alpha value is -1.62. The summed E-state index contributed by atoms with van der Waals surface area (Å²) in [5, 5.41) is 0. The van der Waals surface area contributed by atoms with Gasteiger partial charge >= 0.3 is 0 Å². The Bertz CT molecular complexity index is 424. The van der Waals surface area contributed by atoms with Gasteiger partial charge in [-0.15, -0.1) is 0 Å². The summed E-state index contributed by atoms with van der Waals surface area (Å²) in [5.74, 6) is -0.384. The highest BCUT2D eigenvalue weighted by Gasteiger charge is 2.33. The number of amides is 1. The fraction of sp³-hybridized carbons (Fsp3) is 0.385. The van der Waals surface area contributed by atoms with Crippen LogP contribution in [0.3, 0.4) is 0 Å². The molecule has 1 amide bonds. The van der Waals surface area contributed by atoms with Gasteiger partial charge in [-0.1, -0.05) is 30.3 Å². The number of nitrogens with two attached hydrogens (primary N) is 1. The molecule has 0 unspecified atom stereocenters. The van der Waals surface area contributed by atoms with Gasteiger partial charge in [-0.3, -0.25) is 4.79 Å². The molecular weight excluding hydrogens is 227 g/mol. The predicted octanol–water partition coefficient (Wildman–Crippen LogP) is 0.387. The van der Waals surface area contributed by atoms with Gasteiger partial charge in [0.1, 0.15) is 0 Å². The standard InChI is InChI=1S/C13H16BN2O2/c15-13(18)12-8-16(14-9-17)7-6-11(12)10-4-2-1-3-5-10/h1-5,9,11-12H,6-8H2,(H2,15,18)/t11-,12-/m0/s1. The van der Waals surface area contributed by atoms with Crippen LogP contribution in [-0.4, -0.2) is 37.4 Å². The first-order valence-electron chi connectivity index (χ1n) is 6.09. The molecule has 1 fully saturated rings. The van der Waals surface area contributed by atoms with Crippen LogP contribution in [0.5, 0.6) is 0 Å². The largest absolute Gasteiger partial charge is 0.369 e. The molecule has 1 heterocycles. The van der Waals surface area contributed by atoms with Crippen LogP contribution >= 0.6 is 0 Å². The van der Waals surface area contributed by atoms with Crippen LogP contribution in [0.2, 0.25) is 0 Å². The minimum absolute atomic E-state index is 0.153. The zero-order chi connectivity index (χ0) is 13.0. The minimum atomic E-state index is -0.298. The molecule has 1 aliphatic heterocycles. The van der Waals surface area contributed by atoms with Crippen molar-refractivity contribution in [3.8, 4) is 0 Å². The summed E-state index contributed by atoms with van der Waals surface area (Å²) >= 11 is 0. The second-order valence-corrected chi connectivity index (χ2v) is 4.59. The van der Waals surface area contributed by atoms with Gasteiger partial charge in [0, 0.05) is 0 Å². The van der Waals surface area contributed by atoms with Crippen LogP contribution in [0.4, 0.5) is 0 Å². The number of rotatable bonds is 4. The van der Waals surface area contributed by atoms with Crippen LogP contribution in [0.25, 0.3) is 0 Å². The van der Waals surface area contributed by atoms with E-state index >= 15 is 0 Å². The number of carbonyl (C=O) groups excluding carboxylic acids is 2. The third-order valence-electron chi connectivity index (χ3n) is 3.51. The third kappa shape index (κ3) is 2.79. The second-order valence-electron chi connectivity index (χ2n) is 4.59. The number of nitrogens with zero attached hydrogens (tertiary/aromatic N) is 1. The van der Waals surface area contributed by atoms with E-state index in [-0.39, 0.29) is 17.7 Å². The number of benzene rings is 1. The number of primary amides is 1. The van der Waals surface area contributed by atoms with Gasteiger partial charge in [0.15, 0.2) is 0 Å². The molecule has 1 saturated heterocycles. The van der Waals surface area contributed by atoms with Gasteiger partial charge in [0.05, 0.1) is 12.1 Å². The summed E-state index contributed by atoms with van der Waals surface area (Å²) in [7, 11) is 1.48. The minimum Gasteiger partial charge on any atom is -0.369 e. The molecule has 0 aromatic heterocycles. The van der Waals surface area contributed by atoms with E-state index in [1.807, 2.05) is 35.1 Å². The van der Waals surface area contributed by atoms with E-state index in [1.54, 1.807) is 0 Å². The lowest BCUT2D eigenvalue weighted by Crippen LogP contribution is -2.46. The fourth-order valence-corrected chi connectivity index (χ4v) is 2.59. The van der Waals surface area contributed by atoms with Crippen molar-refractivity contribution >= 4 is 19.5 Å². The quantitative estimate of drug-likeness (QED) is 0.614. The highest BCUT2D eigenvalue weighted by Crippen LogP contribution is 2.32. The number of hydrogen-bond donors (Lipinski definition) is 1.